The number of hydrogen-bond donors (Lipinski definition) is 5. The fraction of sp³-hybridized carbons (Fsp3) is 0.862. The summed E-state index contributed by atoms with van der Waals surface area (Å²) in [6.07, 6.45) is 5.69. The lowest BCUT2D eigenvalue weighted by Crippen LogP contribution is -2.56. The molecule has 13 nitrogen and oxygen atoms in total. The number of amides is 2. The first kappa shape index (κ1) is 35.9. The van der Waals surface area contributed by atoms with Crippen LogP contribution in [0.15, 0.2) is 0 Å². The van der Waals surface area contributed by atoms with Crippen LogP contribution in [0, 0.1) is 0 Å². The maximum atomic E-state index is 12.2. The molecule has 0 aromatic heterocycles. The van der Waals surface area contributed by atoms with Gasteiger partial charge in [-0.25, -0.2) is 0 Å². The molecule has 0 aromatic rings. The van der Waals surface area contributed by atoms with Gasteiger partial charge in [-0.15, -0.1) is 0 Å². The van der Waals surface area contributed by atoms with E-state index in [0.29, 0.717) is 70.7 Å². The van der Waals surface area contributed by atoms with E-state index < -0.39 is 36.5 Å². The molecule has 0 spiro atoms. The topological polar surface area (TPSA) is 182 Å². The number of esters is 2. The summed E-state index contributed by atoms with van der Waals surface area (Å²) in [5.74, 6) is -0.920. The van der Waals surface area contributed by atoms with Gasteiger partial charge in [0, 0.05) is 58.8 Å². The Kier molecular flexibility index (Phi) is 17.6. The summed E-state index contributed by atoms with van der Waals surface area (Å²) in [4.78, 5) is 46.9. The number of aliphatic hydroxyl groups excluding tert-OH is 2. The van der Waals surface area contributed by atoms with Crippen LogP contribution in [0.4, 0.5) is 0 Å². The summed E-state index contributed by atoms with van der Waals surface area (Å²) in [6.45, 7) is 3.79. The van der Waals surface area contributed by atoms with Gasteiger partial charge in [-0.2, -0.15) is 0 Å². The summed E-state index contributed by atoms with van der Waals surface area (Å²) in [5.41, 5.74) is 0. The minimum Gasteiger partial charge on any atom is -0.463 e. The molecule has 1 saturated carbocycles. The smallest absolute Gasteiger partial charge is 0.302 e. The standard InChI is InChI=1S/C29H51N3O10/c1-20(34)40-19-26-25(41-21(2)35)17-24(32-22-12-13-22)29(42-26)39-16-7-5-11-28(38)30-14-6-3-4-10-27(37)31-15-8-9-23(36)18-33/h22-26,29,32-33,36H,3-19H2,1-2H3,(H,30,38)(H,31,37)/t23?,24-,25-,26-,29-/m1/s1. The Morgan fingerprint density at radius 3 is 2.19 bits per heavy atom. The van der Waals surface area contributed by atoms with Gasteiger partial charge in [0.15, 0.2) is 6.29 Å². The van der Waals surface area contributed by atoms with Gasteiger partial charge in [-0.3, -0.25) is 19.2 Å². The molecule has 1 aliphatic heterocycles. The van der Waals surface area contributed by atoms with Gasteiger partial charge in [0.25, 0.3) is 0 Å². The SMILES string of the molecule is CC(=O)OC[C@H]1O[C@@H](OCCCCC(=O)NCCCCCC(=O)NCCCC(O)CO)[C@H](NC2CC2)C[C@H]1OC(C)=O. The number of ether oxygens (including phenoxy) is 4. The predicted molar refractivity (Wildman–Crippen MR) is 152 cm³/mol. The lowest BCUT2D eigenvalue weighted by atomic mass is 10.00. The van der Waals surface area contributed by atoms with Crippen molar-refractivity contribution in [3.05, 3.63) is 0 Å². The minimum absolute atomic E-state index is 0.0225. The van der Waals surface area contributed by atoms with Crippen LogP contribution in [0.5, 0.6) is 0 Å². The number of carbonyl (C=O) groups is 4. The van der Waals surface area contributed by atoms with Crippen molar-refractivity contribution in [1.29, 1.82) is 0 Å². The van der Waals surface area contributed by atoms with E-state index in [4.69, 9.17) is 24.1 Å². The zero-order valence-electron chi connectivity index (χ0n) is 25.1. The van der Waals surface area contributed by atoms with Crippen LogP contribution in [-0.4, -0.2) is 104 Å². The van der Waals surface area contributed by atoms with Gasteiger partial charge in [-0.1, -0.05) is 6.42 Å². The minimum atomic E-state index is -0.734. The monoisotopic (exact) mass is 601 g/mol. The number of unbranched alkanes of at least 4 members (excludes halogenated alkanes) is 3. The van der Waals surface area contributed by atoms with Crippen LogP contribution in [0.2, 0.25) is 0 Å². The van der Waals surface area contributed by atoms with Crippen LogP contribution in [-0.2, 0) is 38.1 Å². The maximum absolute atomic E-state index is 12.2. The summed E-state index contributed by atoms with van der Waals surface area (Å²) >= 11 is 0. The molecule has 0 aromatic carbocycles. The van der Waals surface area contributed by atoms with Crippen LogP contribution in [0.1, 0.15) is 90.9 Å². The fourth-order valence-corrected chi connectivity index (χ4v) is 4.64. The van der Waals surface area contributed by atoms with Crippen molar-refractivity contribution >= 4 is 23.8 Å². The quantitative estimate of drug-likeness (QED) is 0.0876. The Morgan fingerprint density at radius 1 is 0.905 bits per heavy atom. The molecule has 2 aliphatic rings. The lowest BCUT2D eigenvalue weighted by Gasteiger charge is -2.40. The molecule has 2 rings (SSSR count). The molecular formula is C29H51N3O10. The van der Waals surface area contributed by atoms with E-state index in [1.165, 1.54) is 13.8 Å². The lowest BCUT2D eigenvalue weighted by molar-refractivity contribution is -0.249. The van der Waals surface area contributed by atoms with Crippen LogP contribution in [0.25, 0.3) is 0 Å². The number of carbonyl (C=O) groups excluding carboxylic acids is 4. The maximum Gasteiger partial charge on any atom is 0.302 e. The second-order valence-corrected chi connectivity index (χ2v) is 11.1. The van der Waals surface area contributed by atoms with Crippen molar-refractivity contribution in [2.45, 2.75) is 128 Å². The van der Waals surface area contributed by atoms with Gasteiger partial charge in [-0.05, 0) is 51.4 Å². The van der Waals surface area contributed by atoms with E-state index >= 15 is 0 Å². The zero-order valence-corrected chi connectivity index (χ0v) is 25.1. The molecule has 1 aliphatic carbocycles. The van der Waals surface area contributed by atoms with Crippen molar-refractivity contribution in [3.63, 3.8) is 0 Å². The van der Waals surface area contributed by atoms with E-state index in [9.17, 15) is 24.3 Å². The number of rotatable bonds is 22. The average Bonchev–Trinajstić information content (AvgIpc) is 3.76. The van der Waals surface area contributed by atoms with Crippen LogP contribution < -0.4 is 16.0 Å². The second kappa shape index (κ2) is 20.6. The summed E-state index contributed by atoms with van der Waals surface area (Å²) < 4.78 is 22.7. The van der Waals surface area contributed by atoms with Gasteiger partial charge < -0.3 is 45.1 Å². The Labute approximate surface area is 248 Å². The Bertz CT molecular complexity index is 825. The Balaban J connectivity index is 1.57. The first-order chi connectivity index (χ1) is 20.2. The molecule has 5 N–H and O–H groups in total. The molecule has 1 saturated heterocycles. The highest BCUT2D eigenvalue weighted by molar-refractivity contribution is 5.76. The predicted octanol–water partition coefficient (Wildman–Crippen LogP) is 0.830. The molecule has 2 amide bonds. The van der Waals surface area contributed by atoms with E-state index in [1.807, 2.05) is 0 Å². The highest BCUT2D eigenvalue weighted by atomic mass is 16.7. The molecule has 5 atom stereocenters. The van der Waals surface area contributed by atoms with Crippen LogP contribution >= 0.6 is 0 Å². The van der Waals surface area contributed by atoms with Crippen molar-refractivity contribution in [2.75, 3.05) is 32.9 Å². The molecule has 42 heavy (non-hydrogen) atoms. The van der Waals surface area contributed by atoms with Gasteiger partial charge in [0.05, 0.1) is 18.8 Å². The molecule has 2 fully saturated rings. The van der Waals surface area contributed by atoms with Crippen molar-refractivity contribution in [3.8, 4) is 0 Å². The van der Waals surface area contributed by atoms with Crippen molar-refractivity contribution in [2.24, 2.45) is 0 Å². The highest BCUT2D eigenvalue weighted by Gasteiger charge is 2.42. The Hall–Kier alpha value is -2.32. The summed E-state index contributed by atoms with van der Waals surface area (Å²) in [5, 5.41) is 27.3. The molecule has 1 heterocycles. The fourth-order valence-electron chi connectivity index (χ4n) is 4.64. The third kappa shape index (κ3) is 16.4. The molecule has 0 bridgehead atoms. The van der Waals surface area contributed by atoms with Gasteiger partial charge in [0.2, 0.25) is 11.8 Å². The largest absolute Gasteiger partial charge is 0.463 e. The highest BCUT2D eigenvalue weighted by Crippen LogP contribution is 2.28. The van der Waals surface area contributed by atoms with E-state index in [-0.39, 0.29) is 31.1 Å². The second-order valence-electron chi connectivity index (χ2n) is 11.1. The first-order valence-corrected chi connectivity index (χ1v) is 15.3. The normalized spacial score (nSPS) is 22.7. The Morgan fingerprint density at radius 2 is 1.57 bits per heavy atom. The molecule has 13 heteroatoms. The number of nitrogens with one attached hydrogen (secondary N) is 3. The summed E-state index contributed by atoms with van der Waals surface area (Å²) in [7, 11) is 0. The molecule has 1 unspecified atom stereocenters. The third-order valence-corrected chi connectivity index (χ3v) is 7.06. The van der Waals surface area contributed by atoms with E-state index in [1.54, 1.807) is 0 Å². The molecule has 0 radical (unpaired) electrons. The number of aliphatic hydroxyl groups is 2. The first-order valence-electron chi connectivity index (χ1n) is 15.3. The van der Waals surface area contributed by atoms with Crippen LogP contribution in [0.3, 0.4) is 0 Å². The van der Waals surface area contributed by atoms with Crippen molar-refractivity contribution < 1.29 is 48.3 Å². The van der Waals surface area contributed by atoms with Gasteiger partial charge in [0.1, 0.15) is 18.8 Å². The van der Waals surface area contributed by atoms with E-state index in [2.05, 4.69) is 16.0 Å². The molecular weight excluding hydrogens is 550 g/mol. The summed E-state index contributed by atoms with van der Waals surface area (Å²) in [6, 6.07) is 0.216. The number of hydrogen-bond acceptors (Lipinski definition) is 11. The average molecular weight is 602 g/mol. The third-order valence-electron chi connectivity index (χ3n) is 7.06. The zero-order chi connectivity index (χ0) is 30.7. The van der Waals surface area contributed by atoms with Crippen molar-refractivity contribution in [1.82, 2.24) is 16.0 Å². The van der Waals surface area contributed by atoms with E-state index in [0.717, 1.165) is 32.1 Å². The van der Waals surface area contributed by atoms with Gasteiger partial charge >= 0.3 is 11.9 Å². The molecule has 242 valence electrons.